The molecule has 0 heterocycles. The molecule has 0 amide bonds. The summed E-state index contributed by atoms with van der Waals surface area (Å²) in [6, 6.07) is 0. The van der Waals surface area contributed by atoms with E-state index in [4.69, 9.17) is 9.05 Å². The summed E-state index contributed by atoms with van der Waals surface area (Å²) in [6.07, 6.45) is 0.516. The monoisotopic (exact) mass is 236 g/mol. The molecule has 5 heteroatoms. The quantitative estimate of drug-likeness (QED) is 0.720. The molecule has 1 fully saturated rings. The molecule has 1 aliphatic rings. The highest BCUT2D eigenvalue weighted by atomic mass is 31.2. The molecule has 15 heavy (non-hydrogen) atoms. The van der Waals surface area contributed by atoms with Gasteiger partial charge in [0.25, 0.3) is 0 Å². The Kier molecular flexibility index (Phi) is 3.99. The number of hydrogen-bond donors (Lipinski definition) is 1. The minimum atomic E-state index is -3.35. The van der Waals surface area contributed by atoms with Gasteiger partial charge in [0.15, 0.2) is 5.34 Å². The van der Waals surface area contributed by atoms with E-state index in [0.29, 0.717) is 25.6 Å². The van der Waals surface area contributed by atoms with Crippen molar-refractivity contribution >= 4 is 7.60 Å². The van der Waals surface area contributed by atoms with Gasteiger partial charge in [-0.05, 0) is 26.2 Å². The van der Waals surface area contributed by atoms with Gasteiger partial charge in [-0.1, -0.05) is 13.8 Å². The van der Waals surface area contributed by atoms with Crippen LogP contribution in [-0.2, 0) is 13.6 Å². The summed E-state index contributed by atoms with van der Waals surface area (Å²) < 4.78 is 22.6. The van der Waals surface area contributed by atoms with E-state index >= 15 is 0 Å². The Balaban J connectivity index is 2.78. The van der Waals surface area contributed by atoms with E-state index in [-0.39, 0.29) is 5.92 Å². The Labute approximate surface area is 91.5 Å². The zero-order chi connectivity index (χ0) is 11.7. The molecule has 1 saturated carbocycles. The van der Waals surface area contributed by atoms with E-state index in [1.165, 1.54) is 0 Å². The summed E-state index contributed by atoms with van der Waals surface area (Å²) in [7, 11) is -3.35. The molecule has 1 rings (SSSR count). The lowest BCUT2D eigenvalue weighted by Gasteiger charge is -2.23. The van der Waals surface area contributed by atoms with Crippen molar-refractivity contribution in [2.24, 2.45) is 11.8 Å². The van der Waals surface area contributed by atoms with Crippen LogP contribution >= 0.6 is 7.60 Å². The Morgan fingerprint density at radius 3 is 2.13 bits per heavy atom. The van der Waals surface area contributed by atoms with Crippen LogP contribution in [0.25, 0.3) is 0 Å². The Hall–Kier alpha value is 0.110. The van der Waals surface area contributed by atoms with Crippen LogP contribution in [0.3, 0.4) is 0 Å². The van der Waals surface area contributed by atoms with Gasteiger partial charge in [-0.15, -0.1) is 0 Å². The van der Waals surface area contributed by atoms with E-state index in [1.807, 2.05) is 13.8 Å². The fourth-order valence-corrected chi connectivity index (χ4v) is 4.28. The number of aliphatic hydroxyl groups is 1. The summed E-state index contributed by atoms with van der Waals surface area (Å²) in [5.74, 6) is 0.325. The maximum atomic E-state index is 12.3. The largest absolute Gasteiger partial charge is 0.377 e. The lowest BCUT2D eigenvalue weighted by molar-refractivity contribution is 0.120. The first kappa shape index (κ1) is 13.2. The van der Waals surface area contributed by atoms with Crippen molar-refractivity contribution in [3.8, 4) is 0 Å². The smallest absolute Gasteiger partial charge is 0.362 e. The first-order valence-electron chi connectivity index (χ1n) is 5.53. The van der Waals surface area contributed by atoms with E-state index in [0.717, 1.165) is 0 Å². The van der Waals surface area contributed by atoms with E-state index in [2.05, 4.69) is 0 Å². The minimum Gasteiger partial charge on any atom is -0.377 e. The SMILES string of the molecule is CCOP(=O)(OCC)C1(O)CC1C(C)C. The first-order valence-corrected chi connectivity index (χ1v) is 7.07. The Morgan fingerprint density at radius 1 is 1.40 bits per heavy atom. The molecule has 0 spiro atoms. The van der Waals surface area contributed by atoms with Gasteiger partial charge in [0.05, 0.1) is 13.2 Å². The van der Waals surface area contributed by atoms with Crippen molar-refractivity contribution in [1.29, 1.82) is 0 Å². The maximum Gasteiger partial charge on any atom is 0.362 e. The van der Waals surface area contributed by atoms with Crippen molar-refractivity contribution in [2.45, 2.75) is 39.5 Å². The van der Waals surface area contributed by atoms with Gasteiger partial charge in [0, 0.05) is 5.92 Å². The van der Waals surface area contributed by atoms with Crippen LogP contribution in [0, 0.1) is 11.8 Å². The van der Waals surface area contributed by atoms with Crippen LogP contribution in [0.5, 0.6) is 0 Å². The molecule has 2 unspecified atom stereocenters. The van der Waals surface area contributed by atoms with Gasteiger partial charge >= 0.3 is 7.60 Å². The van der Waals surface area contributed by atoms with Crippen molar-refractivity contribution < 1.29 is 18.7 Å². The molecule has 4 nitrogen and oxygen atoms in total. The molecular weight excluding hydrogens is 215 g/mol. The molecule has 0 aromatic rings. The maximum absolute atomic E-state index is 12.3. The van der Waals surface area contributed by atoms with Crippen molar-refractivity contribution in [2.75, 3.05) is 13.2 Å². The summed E-state index contributed by atoms with van der Waals surface area (Å²) in [6.45, 7) is 8.11. The third-order valence-corrected chi connectivity index (χ3v) is 5.49. The number of rotatable bonds is 6. The van der Waals surface area contributed by atoms with Crippen LogP contribution in [0.2, 0.25) is 0 Å². The van der Waals surface area contributed by atoms with Gasteiger partial charge in [-0.25, -0.2) is 0 Å². The van der Waals surface area contributed by atoms with Gasteiger partial charge in [-0.3, -0.25) is 4.57 Å². The van der Waals surface area contributed by atoms with E-state index in [1.54, 1.807) is 13.8 Å². The summed E-state index contributed by atoms with van der Waals surface area (Å²) in [5, 5.41) is 8.98. The zero-order valence-corrected chi connectivity index (χ0v) is 10.8. The highest BCUT2D eigenvalue weighted by Crippen LogP contribution is 2.73. The predicted molar refractivity (Wildman–Crippen MR) is 58.8 cm³/mol. The molecule has 0 radical (unpaired) electrons. The Morgan fingerprint density at radius 2 is 1.87 bits per heavy atom. The molecule has 0 saturated heterocycles. The fourth-order valence-electron chi connectivity index (χ4n) is 1.95. The van der Waals surface area contributed by atoms with Gasteiger partial charge < -0.3 is 14.2 Å². The molecule has 1 aliphatic carbocycles. The lowest BCUT2D eigenvalue weighted by atomic mass is 10.1. The third-order valence-electron chi connectivity index (χ3n) is 2.83. The summed E-state index contributed by atoms with van der Waals surface area (Å²) in [4.78, 5) is 0. The van der Waals surface area contributed by atoms with Crippen LogP contribution in [0.1, 0.15) is 34.1 Å². The highest BCUT2D eigenvalue weighted by Gasteiger charge is 2.68. The predicted octanol–water partition coefficient (Wildman–Crippen LogP) is 2.62. The number of hydrogen-bond acceptors (Lipinski definition) is 4. The highest BCUT2D eigenvalue weighted by molar-refractivity contribution is 7.55. The standard InChI is InChI=1S/C10H21O4P/c1-5-13-15(12,14-6-2)10(11)7-9(10)8(3)4/h8-9,11H,5-7H2,1-4H3. The molecule has 1 N–H and O–H groups in total. The molecule has 0 aromatic carbocycles. The van der Waals surface area contributed by atoms with Gasteiger partial charge in [-0.2, -0.15) is 0 Å². The Bertz CT molecular complexity index is 256. The summed E-state index contributed by atoms with van der Waals surface area (Å²) in [5.41, 5.74) is 0. The van der Waals surface area contributed by atoms with Gasteiger partial charge in [0.1, 0.15) is 0 Å². The van der Waals surface area contributed by atoms with Crippen LogP contribution in [-0.4, -0.2) is 23.7 Å². The van der Waals surface area contributed by atoms with Crippen LogP contribution in [0.15, 0.2) is 0 Å². The second-order valence-electron chi connectivity index (χ2n) is 4.27. The molecule has 0 bridgehead atoms. The average molecular weight is 236 g/mol. The molecular formula is C10H21O4P. The van der Waals surface area contributed by atoms with E-state index < -0.39 is 12.9 Å². The van der Waals surface area contributed by atoms with Crippen molar-refractivity contribution in [3.05, 3.63) is 0 Å². The van der Waals surface area contributed by atoms with E-state index in [9.17, 15) is 9.67 Å². The van der Waals surface area contributed by atoms with Crippen molar-refractivity contribution in [3.63, 3.8) is 0 Å². The van der Waals surface area contributed by atoms with Crippen LogP contribution < -0.4 is 0 Å². The van der Waals surface area contributed by atoms with Crippen molar-refractivity contribution in [1.82, 2.24) is 0 Å². The normalized spacial score (nSPS) is 30.9. The zero-order valence-electron chi connectivity index (χ0n) is 9.90. The molecule has 2 atom stereocenters. The fraction of sp³-hybridized carbons (Fsp3) is 1.00. The summed E-state index contributed by atoms with van der Waals surface area (Å²) >= 11 is 0. The van der Waals surface area contributed by atoms with Crippen LogP contribution in [0.4, 0.5) is 0 Å². The van der Waals surface area contributed by atoms with Gasteiger partial charge in [0.2, 0.25) is 0 Å². The third kappa shape index (κ3) is 2.28. The topological polar surface area (TPSA) is 55.8 Å². The molecule has 90 valence electrons. The second-order valence-corrected chi connectivity index (χ2v) is 6.55. The second kappa shape index (κ2) is 4.54. The molecule has 0 aliphatic heterocycles. The first-order chi connectivity index (χ1) is 6.91. The lowest BCUT2D eigenvalue weighted by Crippen LogP contribution is -2.18. The minimum absolute atomic E-state index is 0.0291. The average Bonchev–Trinajstić information content (AvgIpc) is 2.81. The molecule has 0 aromatic heterocycles.